The molecule has 3 amide bonds. The number of hydrogen-bond acceptors (Lipinski definition) is 7. The number of aromatic nitrogens is 4. The van der Waals surface area contributed by atoms with Crippen molar-refractivity contribution in [3.05, 3.63) is 24.3 Å². The van der Waals surface area contributed by atoms with Gasteiger partial charge in [0.25, 0.3) is 0 Å². The molecule has 2 aromatic rings. The van der Waals surface area contributed by atoms with Crippen molar-refractivity contribution in [3.8, 4) is 11.4 Å². The first-order valence-electron chi connectivity index (χ1n) is 8.13. The number of rotatable bonds is 8. The Labute approximate surface area is 155 Å². The van der Waals surface area contributed by atoms with Crippen LogP contribution in [0.15, 0.2) is 29.4 Å². The van der Waals surface area contributed by atoms with Crippen LogP contribution < -0.4 is 15.4 Å². The standard InChI is InChI=1S/C16H22N6O3S/c1-11(2)8-9-17-15(24)18-14(23)10-26-16-19-20-21-22(16)12-4-6-13(25-3)7-5-12/h4-7,11H,8-10H2,1-3H3,(H2,17,18,23,24). The molecule has 140 valence electrons. The zero-order valence-corrected chi connectivity index (χ0v) is 15.7. The molecular formula is C16H22N6O3S. The first kappa shape index (κ1) is 19.7. The van der Waals surface area contributed by atoms with Crippen LogP contribution in [0.4, 0.5) is 4.79 Å². The summed E-state index contributed by atoms with van der Waals surface area (Å²) in [6.07, 6.45) is 0.854. The maximum atomic E-state index is 11.9. The molecule has 2 N–H and O–H groups in total. The number of thioether (sulfide) groups is 1. The van der Waals surface area contributed by atoms with Crippen LogP contribution in [0.3, 0.4) is 0 Å². The van der Waals surface area contributed by atoms with Gasteiger partial charge in [-0.3, -0.25) is 10.1 Å². The normalized spacial score (nSPS) is 10.6. The van der Waals surface area contributed by atoms with Gasteiger partial charge in [-0.05, 0) is 47.0 Å². The molecule has 0 unspecified atom stereocenters. The number of urea groups is 1. The van der Waals surface area contributed by atoms with Crippen LogP contribution in [0.1, 0.15) is 20.3 Å². The lowest BCUT2D eigenvalue weighted by Crippen LogP contribution is -2.40. The zero-order chi connectivity index (χ0) is 18.9. The third kappa shape index (κ3) is 6.03. The van der Waals surface area contributed by atoms with Crippen LogP contribution in [0.2, 0.25) is 0 Å². The highest BCUT2D eigenvalue weighted by atomic mass is 32.2. The van der Waals surface area contributed by atoms with E-state index in [4.69, 9.17) is 4.74 Å². The molecule has 10 heteroatoms. The number of tetrazole rings is 1. The fourth-order valence-corrected chi connectivity index (χ4v) is 2.66. The molecule has 0 aliphatic heterocycles. The third-order valence-electron chi connectivity index (χ3n) is 3.35. The van der Waals surface area contributed by atoms with Crippen LogP contribution in [0, 0.1) is 5.92 Å². The van der Waals surface area contributed by atoms with Gasteiger partial charge in [-0.15, -0.1) is 5.10 Å². The van der Waals surface area contributed by atoms with E-state index in [1.54, 1.807) is 19.2 Å². The second-order valence-electron chi connectivity index (χ2n) is 5.85. The van der Waals surface area contributed by atoms with Gasteiger partial charge < -0.3 is 10.1 Å². The second-order valence-corrected chi connectivity index (χ2v) is 6.79. The Morgan fingerprint density at radius 2 is 2.00 bits per heavy atom. The van der Waals surface area contributed by atoms with Crippen molar-refractivity contribution in [1.29, 1.82) is 0 Å². The molecule has 1 heterocycles. The molecule has 9 nitrogen and oxygen atoms in total. The van der Waals surface area contributed by atoms with Crippen molar-refractivity contribution in [2.24, 2.45) is 5.92 Å². The molecule has 1 aromatic carbocycles. The number of nitrogens with one attached hydrogen (secondary N) is 2. The number of benzene rings is 1. The minimum atomic E-state index is -0.494. The van der Waals surface area contributed by atoms with Gasteiger partial charge >= 0.3 is 6.03 Å². The summed E-state index contributed by atoms with van der Waals surface area (Å²) in [5.41, 5.74) is 0.741. The van der Waals surface area contributed by atoms with Gasteiger partial charge in [0, 0.05) is 6.54 Å². The van der Waals surface area contributed by atoms with Crippen molar-refractivity contribution in [3.63, 3.8) is 0 Å². The summed E-state index contributed by atoms with van der Waals surface area (Å²) in [4.78, 5) is 23.5. The Morgan fingerprint density at radius 1 is 1.27 bits per heavy atom. The molecular weight excluding hydrogens is 356 g/mol. The Morgan fingerprint density at radius 3 is 2.65 bits per heavy atom. The molecule has 0 fully saturated rings. The molecule has 0 saturated heterocycles. The first-order valence-corrected chi connectivity index (χ1v) is 9.11. The van der Waals surface area contributed by atoms with Gasteiger partial charge in [-0.25, -0.2) is 4.79 Å². The van der Waals surface area contributed by atoms with Crippen LogP contribution >= 0.6 is 11.8 Å². The minimum Gasteiger partial charge on any atom is -0.497 e. The average Bonchev–Trinajstić information content (AvgIpc) is 3.08. The van der Waals surface area contributed by atoms with E-state index in [0.717, 1.165) is 29.6 Å². The summed E-state index contributed by atoms with van der Waals surface area (Å²) in [5.74, 6) is 0.812. The monoisotopic (exact) mass is 378 g/mol. The predicted molar refractivity (Wildman–Crippen MR) is 97.4 cm³/mol. The van der Waals surface area contributed by atoms with Gasteiger partial charge in [-0.2, -0.15) is 4.68 Å². The number of ether oxygens (including phenoxy) is 1. The van der Waals surface area contributed by atoms with Crippen molar-refractivity contribution in [2.75, 3.05) is 19.4 Å². The van der Waals surface area contributed by atoms with Gasteiger partial charge in [0.15, 0.2) is 0 Å². The molecule has 0 saturated carbocycles. The summed E-state index contributed by atoms with van der Waals surface area (Å²) in [7, 11) is 1.59. The number of amides is 3. The van der Waals surface area contributed by atoms with E-state index in [2.05, 4.69) is 40.0 Å². The van der Waals surface area contributed by atoms with E-state index >= 15 is 0 Å². The van der Waals surface area contributed by atoms with Gasteiger partial charge in [0.1, 0.15) is 5.75 Å². The Hall–Kier alpha value is -2.62. The minimum absolute atomic E-state index is 0.0220. The van der Waals surface area contributed by atoms with Crippen LogP contribution in [0.25, 0.3) is 5.69 Å². The quantitative estimate of drug-likeness (QED) is 0.672. The average molecular weight is 378 g/mol. The van der Waals surface area contributed by atoms with Gasteiger partial charge in [-0.1, -0.05) is 25.6 Å². The molecule has 0 aliphatic carbocycles. The van der Waals surface area contributed by atoms with Crippen molar-refractivity contribution >= 4 is 23.7 Å². The molecule has 0 bridgehead atoms. The second kappa shape index (κ2) is 9.76. The predicted octanol–water partition coefficient (Wildman–Crippen LogP) is 1.63. The van der Waals surface area contributed by atoms with E-state index in [0.29, 0.717) is 17.6 Å². The highest BCUT2D eigenvalue weighted by Gasteiger charge is 2.13. The van der Waals surface area contributed by atoms with Crippen LogP contribution in [-0.4, -0.2) is 51.6 Å². The Kier molecular flexibility index (Phi) is 7.39. The summed E-state index contributed by atoms with van der Waals surface area (Å²) in [6.45, 7) is 4.66. The zero-order valence-electron chi connectivity index (χ0n) is 14.9. The molecule has 0 aliphatic rings. The molecule has 1 aromatic heterocycles. The van der Waals surface area contributed by atoms with Crippen molar-refractivity contribution in [1.82, 2.24) is 30.8 Å². The largest absolute Gasteiger partial charge is 0.497 e. The summed E-state index contributed by atoms with van der Waals surface area (Å²) in [6, 6.07) is 6.70. The van der Waals surface area contributed by atoms with Gasteiger partial charge in [0.05, 0.1) is 18.6 Å². The summed E-state index contributed by atoms with van der Waals surface area (Å²) >= 11 is 1.14. The SMILES string of the molecule is COc1ccc(-n2nnnc2SCC(=O)NC(=O)NCCC(C)C)cc1. The number of hydrogen-bond donors (Lipinski definition) is 2. The van der Waals surface area contributed by atoms with Gasteiger partial charge in [0.2, 0.25) is 11.1 Å². The number of methoxy groups -OCH3 is 1. The maximum absolute atomic E-state index is 11.9. The maximum Gasteiger partial charge on any atom is 0.321 e. The van der Waals surface area contributed by atoms with E-state index in [1.807, 2.05) is 12.1 Å². The molecule has 0 spiro atoms. The highest BCUT2D eigenvalue weighted by molar-refractivity contribution is 7.99. The highest BCUT2D eigenvalue weighted by Crippen LogP contribution is 2.20. The molecule has 0 radical (unpaired) electrons. The Bertz CT molecular complexity index is 732. The van der Waals surface area contributed by atoms with E-state index in [1.165, 1.54) is 4.68 Å². The molecule has 0 atom stereocenters. The topological polar surface area (TPSA) is 111 Å². The third-order valence-corrected chi connectivity index (χ3v) is 4.27. The van der Waals surface area contributed by atoms with Crippen molar-refractivity contribution in [2.45, 2.75) is 25.4 Å². The number of carbonyl (C=O) groups excluding carboxylic acids is 2. The van der Waals surface area contributed by atoms with E-state index in [-0.39, 0.29) is 5.75 Å². The summed E-state index contributed by atoms with van der Waals surface area (Å²) < 4.78 is 6.63. The van der Waals surface area contributed by atoms with Crippen LogP contribution in [0.5, 0.6) is 5.75 Å². The number of carbonyl (C=O) groups is 2. The lowest BCUT2D eigenvalue weighted by atomic mass is 10.1. The fourth-order valence-electron chi connectivity index (χ4n) is 1.97. The van der Waals surface area contributed by atoms with Crippen molar-refractivity contribution < 1.29 is 14.3 Å². The molecule has 26 heavy (non-hydrogen) atoms. The van der Waals surface area contributed by atoms with E-state index < -0.39 is 11.9 Å². The summed E-state index contributed by atoms with van der Waals surface area (Å²) in [5, 5.41) is 16.9. The smallest absolute Gasteiger partial charge is 0.321 e. The molecule has 2 rings (SSSR count). The lowest BCUT2D eigenvalue weighted by Gasteiger charge is -2.08. The lowest BCUT2D eigenvalue weighted by molar-refractivity contribution is -0.117. The number of imide groups is 1. The van der Waals surface area contributed by atoms with E-state index in [9.17, 15) is 9.59 Å². The van der Waals surface area contributed by atoms with Crippen LogP contribution in [-0.2, 0) is 4.79 Å². The fraction of sp³-hybridized carbons (Fsp3) is 0.438. The first-order chi connectivity index (χ1) is 12.5. The Balaban J connectivity index is 1.85. The number of nitrogens with zero attached hydrogens (tertiary/aromatic N) is 4.